The van der Waals surface area contributed by atoms with E-state index in [0.29, 0.717) is 12.5 Å². The van der Waals surface area contributed by atoms with Crippen LogP contribution in [0.1, 0.15) is 40.4 Å². The predicted octanol–water partition coefficient (Wildman–Crippen LogP) is 2.46. The molecule has 1 amide bonds. The predicted molar refractivity (Wildman–Crippen MR) is 74.1 cm³/mol. The van der Waals surface area contributed by atoms with Crippen LogP contribution in [0.15, 0.2) is 6.07 Å². The summed E-state index contributed by atoms with van der Waals surface area (Å²) in [5.41, 5.74) is 1.26. The molecule has 2 heterocycles. The number of aliphatic hydroxyl groups is 1. The molecule has 1 aromatic rings. The van der Waals surface area contributed by atoms with Crippen LogP contribution in [0, 0.1) is 12.8 Å². The molecule has 0 aromatic carbocycles. The van der Waals surface area contributed by atoms with Gasteiger partial charge >= 0.3 is 0 Å². The summed E-state index contributed by atoms with van der Waals surface area (Å²) in [5.74, 6) is 0.374. The van der Waals surface area contributed by atoms with Crippen LogP contribution in [0.2, 0.25) is 0 Å². The highest BCUT2D eigenvalue weighted by molar-refractivity contribution is 7.14. The molecule has 1 fully saturated rings. The SMILES string of the molecule is CCc1cc(C(=O)N2CCC(C)C(O)C2)sc1C. The lowest BCUT2D eigenvalue weighted by Crippen LogP contribution is -2.45. The summed E-state index contributed by atoms with van der Waals surface area (Å²) in [4.78, 5) is 16.2. The minimum absolute atomic E-state index is 0.0775. The smallest absolute Gasteiger partial charge is 0.264 e. The van der Waals surface area contributed by atoms with Crippen LogP contribution < -0.4 is 0 Å². The Kier molecular flexibility index (Phi) is 4.07. The summed E-state index contributed by atoms with van der Waals surface area (Å²) in [6.07, 6.45) is 1.47. The first kappa shape index (κ1) is 13.6. The number of hydrogen-bond donors (Lipinski definition) is 1. The van der Waals surface area contributed by atoms with Crippen molar-refractivity contribution in [3.63, 3.8) is 0 Å². The Morgan fingerprint density at radius 1 is 1.61 bits per heavy atom. The number of amides is 1. The maximum atomic E-state index is 12.4. The van der Waals surface area contributed by atoms with Gasteiger partial charge in [-0.05, 0) is 37.3 Å². The third-order valence-corrected chi connectivity index (χ3v) is 4.90. The molecule has 1 aliphatic heterocycles. The molecule has 0 saturated carbocycles. The van der Waals surface area contributed by atoms with Gasteiger partial charge in [-0.1, -0.05) is 13.8 Å². The highest BCUT2D eigenvalue weighted by Crippen LogP contribution is 2.25. The van der Waals surface area contributed by atoms with Gasteiger partial charge < -0.3 is 10.0 Å². The van der Waals surface area contributed by atoms with Crippen molar-refractivity contribution in [2.45, 2.75) is 39.7 Å². The number of aliphatic hydroxyl groups excluding tert-OH is 1. The van der Waals surface area contributed by atoms with Gasteiger partial charge in [0.1, 0.15) is 0 Å². The van der Waals surface area contributed by atoms with E-state index in [2.05, 4.69) is 13.8 Å². The molecule has 4 heteroatoms. The second kappa shape index (κ2) is 5.41. The van der Waals surface area contributed by atoms with Gasteiger partial charge in [-0.2, -0.15) is 0 Å². The number of aryl methyl sites for hydroxylation is 2. The van der Waals surface area contributed by atoms with Crippen molar-refractivity contribution in [3.05, 3.63) is 21.4 Å². The Balaban J connectivity index is 2.11. The largest absolute Gasteiger partial charge is 0.391 e. The van der Waals surface area contributed by atoms with Crippen LogP contribution in [0.3, 0.4) is 0 Å². The maximum absolute atomic E-state index is 12.4. The zero-order chi connectivity index (χ0) is 13.3. The summed E-state index contributed by atoms with van der Waals surface area (Å²) in [5, 5.41) is 9.86. The van der Waals surface area contributed by atoms with Gasteiger partial charge in [0.25, 0.3) is 5.91 Å². The first-order valence-corrected chi connectivity index (χ1v) is 7.41. The quantitative estimate of drug-likeness (QED) is 0.894. The lowest BCUT2D eigenvalue weighted by molar-refractivity contribution is 0.0251. The van der Waals surface area contributed by atoms with Crippen molar-refractivity contribution in [3.8, 4) is 0 Å². The van der Waals surface area contributed by atoms with Crippen LogP contribution in [0.25, 0.3) is 0 Å². The number of likely N-dealkylation sites (tertiary alicyclic amines) is 1. The number of β-amino-alcohol motifs (C(OH)–C–C–N with tert-alkyl or cyclic N) is 1. The molecule has 0 bridgehead atoms. The number of rotatable bonds is 2. The highest BCUT2D eigenvalue weighted by atomic mass is 32.1. The fraction of sp³-hybridized carbons (Fsp3) is 0.643. The van der Waals surface area contributed by atoms with Gasteiger partial charge in [-0.3, -0.25) is 4.79 Å². The number of nitrogens with zero attached hydrogens (tertiary/aromatic N) is 1. The lowest BCUT2D eigenvalue weighted by Gasteiger charge is -2.34. The van der Waals surface area contributed by atoms with Crippen LogP contribution in [0.4, 0.5) is 0 Å². The molecule has 18 heavy (non-hydrogen) atoms. The van der Waals surface area contributed by atoms with E-state index in [9.17, 15) is 9.90 Å². The summed E-state index contributed by atoms with van der Waals surface area (Å²) in [6, 6.07) is 2.01. The third-order valence-electron chi connectivity index (χ3n) is 3.82. The monoisotopic (exact) mass is 267 g/mol. The average Bonchev–Trinajstić information content (AvgIpc) is 2.73. The number of hydrogen-bond acceptors (Lipinski definition) is 3. The normalized spacial score (nSPS) is 24.3. The van der Waals surface area contributed by atoms with E-state index < -0.39 is 0 Å². The van der Waals surface area contributed by atoms with Crippen molar-refractivity contribution in [2.24, 2.45) is 5.92 Å². The molecule has 3 nitrogen and oxygen atoms in total. The van der Waals surface area contributed by atoms with E-state index in [1.165, 1.54) is 10.4 Å². The minimum Gasteiger partial charge on any atom is -0.391 e. The second-order valence-corrected chi connectivity index (χ2v) is 6.39. The molecule has 2 atom stereocenters. The molecule has 100 valence electrons. The zero-order valence-electron chi connectivity index (χ0n) is 11.3. The van der Waals surface area contributed by atoms with Crippen LogP contribution in [-0.4, -0.2) is 35.1 Å². The molecular formula is C14H21NO2S. The van der Waals surface area contributed by atoms with Crippen molar-refractivity contribution < 1.29 is 9.90 Å². The van der Waals surface area contributed by atoms with E-state index in [1.54, 1.807) is 16.2 Å². The van der Waals surface area contributed by atoms with Gasteiger partial charge in [0, 0.05) is 18.0 Å². The molecule has 1 aromatic heterocycles. The molecule has 1 N–H and O–H groups in total. The highest BCUT2D eigenvalue weighted by Gasteiger charge is 2.28. The number of piperidine rings is 1. The number of carbonyl (C=O) groups excluding carboxylic acids is 1. The molecule has 1 saturated heterocycles. The first-order chi connectivity index (χ1) is 8.52. The Morgan fingerprint density at radius 2 is 2.33 bits per heavy atom. The molecule has 0 aliphatic carbocycles. The molecule has 0 spiro atoms. The van der Waals surface area contributed by atoms with Gasteiger partial charge in [-0.25, -0.2) is 0 Å². The Hall–Kier alpha value is -0.870. The minimum atomic E-state index is -0.380. The average molecular weight is 267 g/mol. The Morgan fingerprint density at radius 3 is 2.89 bits per heavy atom. The van der Waals surface area contributed by atoms with Crippen molar-refractivity contribution in [1.82, 2.24) is 4.90 Å². The Labute approximate surface area is 112 Å². The van der Waals surface area contributed by atoms with Crippen molar-refractivity contribution in [1.29, 1.82) is 0 Å². The molecule has 0 radical (unpaired) electrons. The van der Waals surface area contributed by atoms with E-state index >= 15 is 0 Å². The molecule has 2 unspecified atom stereocenters. The zero-order valence-corrected chi connectivity index (χ0v) is 12.1. The van der Waals surface area contributed by atoms with Gasteiger partial charge in [0.05, 0.1) is 11.0 Å². The second-order valence-electron chi connectivity index (χ2n) is 5.13. The van der Waals surface area contributed by atoms with Gasteiger partial charge in [0.15, 0.2) is 0 Å². The van der Waals surface area contributed by atoms with E-state index in [1.807, 2.05) is 13.0 Å². The number of carbonyl (C=O) groups is 1. The standard InChI is InChI=1S/C14H21NO2S/c1-4-11-7-13(18-10(11)3)14(17)15-6-5-9(2)12(16)8-15/h7,9,12,16H,4-6,8H2,1-3H3. The summed E-state index contributed by atoms with van der Waals surface area (Å²) in [7, 11) is 0. The van der Waals surface area contributed by atoms with Gasteiger partial charge in [-0.15, -0.1) is 11.3 Å². The first-order valence-electron chi connectivity index (χ1n) is 6.59. The fourth-order valence-corrected chi connectivity index (χ4v) is 3.45. The van der Waals surface area contributed by atoms with E-state index in [-0.39, 0.29) is 12.0 Å². The molecule has 2 rings (SSSR count). The number of thiophene rings is 1. The molecular weight excluding hydrogens is 246 g/mol. The van der Waals surface area contributed by atoms with Crippen molar-refractivity contribution in [2.75, 3.05) is 13.1 Å². The van der Waals surface area contributed by atoms with Crippen LogP contribution >= 0.6 is 11.3 Å². The lowest BCUT2D eigenvalue weighted by atomic mass is 9.96. The van der Waals surface area contributed by atoms with Crippen LogP contribution in [0.5, 0.6) is 0 Å². The summed E-state index contributed by atoms with van der Waals surface area (Å²) < 4.78 is 0. The third kappa shape index (κ3) is 2.59. The summed E-state index contributed by atoms with van der Waals surface area (Å²) >= 11 is 1.57. The van der Waals surface area contributed by atoms with Crippen LogP contribution in [-0.2, 0) is 6.42 Å². The van der Waals surface area contributed by atoms with E-state index in [0.717, 1.165) is 24.3 Å². The van der Waals surface area contributed by atoms with Crippen molar-refractivity contribution >= 4 is 17.2 Å². The fourth-order valence-electron chi connectivity index (χ4n) is 2.37. The maximum Gasteiger partial charge on any atom is 0.264 e. The van der Waals surface area contributed by atoms with E-state index in [4.69, 9.17) is 0 Å². The Bertz CT molecular complexity index is 441. The summed E-state index contributed by atoms with van der Waals surface area (Å²) in [6.45, 7) is 7.44. The molecule has 1 aliphatic rings. The topological polar surface area (TPSA) is 40.5 Å². The van der Waals surface area contributed by atoms with Gasteiger partial charge in [0.2, 0.25) is 0 Å².